The number of nitrogens with one attached hydrogen (secondary N) is 1. The summed E-state index contributed by atoms with van der Waals surface area (Å²) in [4.78, 5) is 1.37. The fourth-order valence-electron chi connectivity index (χ4n) is 0.887. The van der Waals surface area contributed by atoms with E-state index in [-0.39, 0.29) is 0 Å². The zero-order valence-electron chi connectivity index (χ0n) is 8.10. The molecule has 0 aromatic rings. The molecule has 0 saturated carbocycles. The minimum Gasteiger partial charge on any atom is -0.376 e. The highest BCUT2D eigenvalue weighted by molar-refractivity contribution is 4.66. The molecule has 0 rings (SSSR count). The molecule has 70 valence electrons. The second-order valence-corrected chi connectivity index (χ2v) is 2.98. The van der Waals surface area contributed by atoms with Crippen LogP contribution in [0.25, 0.3) is 0 Å². The van der Waals surface area contributed by atoms with Crippen molar-refractivity contribution < 1.29 is 9.64 Å². The Morgan fingerprint density at radius 3 is 2.67 bits per heavy atom. The number of hydrogen-bond donors (Lipinski definition) is 1. The van der Waals surface area contributed by atoms with Crippen LogP contribution in [-0.4, -0.2) is 33.4 Å². The molecule has 0 amide bonds. The van der Waals surface area contributed by atoms with E-state index < -0.39 is 0 Å². The van der Waals surface area contributed by atoms with Crippen LogP contribution in [0.1, 0.15) is 19.8 Å². The number of hydrogen-bond acceptors (Lipinski definition) is 2. The number of nitrogens with zero attached hydrogens (tertiary/aromatic N) is 1. The predicted octanol–water partition coefficient (Wildman–Crippen LogP) is -0.159. The highest BCUT2D eigenvalue weighted by atomic mass is 16.5. The summed E-state index contributed by atoms with van der Waals surface area (Å²) < 4.78 is 5.33. The summed E-state index contributed by atoms with van der Waals surface area (Å²) >= 11 is 0. The van der Waals surface area contributed by atoms with Gasteiger partial charge in [-0.15, -0.1) is 0 Å². The summed E-state index contributed by atoms with van der Waals surface area (Å²) in [6, 6.07) is 2.14. The van der Waals surface area contributed by atoms with Crippen molar-refractivity contribution in [2.24, 2.45) is 0 Å². The van der Waals surface area contributed by atoms with Crippen molar-refractivity contribution in [1.82, 2.24) is 0 Å². The van der Waals surface area contributed by atoms with Crippen LogP contribution in [0.4, 0.5) is 0 Å². The Morgan fingerprint density at radius 1 is 1.33 bits per heavy atom. The quantitative estimate of drug-likeness (QED) is 0.541. The van der Waals surface area contributed by atoms with Gasteiger partial charge in [0.1, 0.15) is 6.54 Å². The van der Waals surface area contributed by atoms with Gasteiger partial charge >= 0.3 is 0 Å². The van der Waals surface area contributed by atoms with Crippen molar-refractivity contribution in [3.63, 3.8) is 0 Å². The Bertz CT molecular complexity index is 131. The lowest BCUT2D eigenvalue weighted by molar-refractivity contribution is -0.879. The van der Waals surface area contributed by atoms with Crippen molar-refractivity contribution in [1.29, 1.82) is 5.26 Å². The van der Waals surface area contributed by atoms with E-state index in [1.807, 2.05) is 0 Å². The Labute approximate surface area is 74.9 Å². The Balaban J connectivity index is 3.09. The largest absolute Gasteiger partial charge is 0.376 e. The first-order valence-electron chi connectivity index (χ1n) is 4.57. The molecule has 0 aliphatic carbocycles. The molecule has 1 atom stereocenters. The van der Waals surface area contributed by atoms with E-state index >= 15 is 0 Å². The van der Waals surface area contributed by atoms with Crippen LogP contribution < -0.4 is 4.90 Å². The van der Waals surface area contributed by atoms with E-state index in [1.165, 1.54) is 4.90 Å². The second kappa shape index (κ2) is 8.51. The molecule has 0 aromatic heterocycles. The van der Waals surface area contributed by atoms with Gasteiger partial charge in [-0.2, -0.15) is 5.26 Å². The van der Waals surface area contributed by atoms with Gasteiger partial charge < -0.3 is 9.64 Å². The molecular weight excluding hydrogens is 152 g/mol. The maximum atomic E-state index is 8.33. The number of ether oxygens (including phenoxy) is 1. The first-order valence-corrected chi connectivity index (χ1v) is 4.57. The molecule has 0 bridgehead atoms. The third-order valence-electron chi connectivity index (χ3n) is 1.69. The van der Waals surface area contributed by atoms with Gasteiger partial charge in [-0.05, 0) is 6.42 Å². The first-order chi connectivity index (χ1) is 5.81. The molecule has 1 N–H and O–H groups in total. The van der Waals surface area contributed by atoms with Crippen molar-refractivity contribution in [3.05, 3.63) is 0 Å². The lowest BCUT2D eigenvalue weighted by atomic mass is 10.4. The van der Waals surface area contributed by atoms with Gasteiger partial charge in [0.05, 0.1) is 32.7 Å². The highest BCUT2D eigenvalue weighted by Crippen LogP contribution is 1.76. The first kappa shape index (κ1) is 11.4. The maximum Gasteiger partial charge on any atom is 0.101 e. The number of nitriles is 1. The summed E-state index contributed by atoms with van der Waals surface area (Å²) in [6.45, 7) is 5.69. The molecule has 0 fully saturated rings. The van der Waals surface area contributed by atoms with E-state index in [2.05, 4.69) is 20.0 Å². The molecule has 3 nitrogen and oxygen atoms in total. The minimum absolute atomic E-state index is 0.639. The normalized spacial score (nSPS) is 12.4. The van der Waals surface area contributed by atoms with E-state index in [1.54, 1.807) is 0 Å². The van der Waals surface area contributed by atoms with Crippen LogP contribution in [0.5, 0.6) is 0 Å². The van der Waals surface area contributed by atoms with Crippen molar-refractivity contribution in [2.45, 2.75) is 19.8 Å². The van der Waals surface area contributed by atoms with E-state index in [0.29, 0.717) is 6.42 Å². The van der Waals surface area contributed by atoms with Gasteiger partial charge in [-0.1, -0.05) is 6.92 Å². The molecule has 0 heterocycles. The monoisotopic (exact) mass is 171 g/mol. The molecule has 12 heavy (non-hydrogen) atoms. The van der Waals surface area contributed by atoms with Crippen LogP contribution >= 0.6 is 0 Å². The third-order valence-corrected chi connectivity index (χ3v) is 1.69. The van der Waals surface area contributed by atoms with Gasteiger partial charge in [0.15, 0.2) is 0 Å². The summed E-state index contributed by atoms with van der Waals surface area (Å²) in [5, 5.41) is 8.33. The van der Waals surface area contributed by atoms with Crippen LogP contribution in [0.15, 0.2) is 0 Å². The second-order valence-electron chi connectivity index (χ2n) is 2.98. The Morgan fingerprint density at radius 2 is 2.08 bits per heavy atom. The van der Waals surface area contributed by atoms with Gasteiger partial charge in [0, 0.05) is 6.61 Å². The molecule has 0 spiro atoms. The summed E-state index contributed by atoms with van der Waals surface area (Å²) in [7, 11) is 2.09. The van der Waals surface area contributed by atoms with Crippen molar-refractivity contribution >= 4 is 0 Å². The Kier molecular flexibility index (Phi) is 8.09. The van der Waals surface area contributed by atoms with Gasteiger partial charge in [-0.3, -0.25) is 0 Å². The summed E-state index contributed by atoms with van der Waals surface area (Å²) in [6.07, 6.45) is 1.72. The summed E-state index contributed by atoms with van der Waals surface area (Å²) in [5.74, 6) is 0. The molecular formula is C9H19N2O+. The van der Waals surface area contributed by atoms with Crippen molar-refractivity contribution in [2.75, 3.05) is 33.4 Å². The van der Waals surface area contributed by atoms with Crippen LogP contribution in [-0.2, 0) is 4.74 Å². The standard InChI is InChI=1S/C9H18N2O/c1-3-8-12-9-7-11(2)6-4-5-10/h3-4,6-9H2,1-2H3/p+1. The number of likely N-dealkylation sites (N-methyl/N-ethyl adjacent to an activating group) is 1. The van der Waals surface area contributed by atoms with Crippen LogP contribution in [0.2, 0.25) is 0 Å². The fraction of sp³-hybridized carbons (Fsp3) is 0.889. The van der Waals surface area contributed by atoms with Crippen LogP contribution in [0.3, 0.4) is 0 Å². The number of rotatable bonds is 7. The van der Waals surface area contributed by atoms with Crippen molar-refractivity contribution in [3.8, 4) is 6.07 Å². The van der Waals surface area contributed by atoms with E-state index in [9.17, 15) is 0 Å². The topological polar surface area (TPSA) is 37.5 Å². The molecule has 3 heteroatoms. The lowest BCUT2D eigenvalue weighted by Crippen LogP contribution is -3.09. The maximum absolute atomic E-state index is 8.33. The Hall–Kier alpha value is -0.590. The van der Waals surface area contributed by atoms with Crippen LogP contribution in [0, 0.1) is 11.3 Å². The highest BCUT2D eigenvalue weighted by Gasteiger charge is 1.99. The van der Waals surface area contributed by atoms with Gasteiger partial charge in [0.25, 0.3) is 0 Å². The molecule has 0 aliphatic heterocycles. The molecule has 0 saturated heterocycles. The average Bonchev–Trinajstić information content (AvgIpc) is 2.09. The zero-order valence-corrected chi connectivity index (χ0v) is 8.10. The molecule has 0 radical (unpaired) electrons. The van der Waals surface area contributed by atoms with Gasteiger partial charge in [0.2, 0.25) is 0 Å². The van der Waals surface area contributed by atoms with E-state index in [4.69, 9.17) is 10.00 Å². The molecule has 1 unspecified atom stereocenters. The third kappa shape index (κ3) is 7.52. The smallest absolute Gasteiger partial charge is 0.101 e. The SMILES string of the molecule is CCCOCC[NH+](C)CCC#N. The fourth-order valence-corrected chi connectivity index (χ4v) is 0.887. The summed E-state index contributed by atoms with van der Waals surface area (Å²) in [5.41, 5.74) is 0. The molecule has 0 aromatic carbocycles. The minimum atomic E-state index is 0.639. The van der Waals surface area contributed by atoms with E-state index in [0.717, 1.165) is 32.7 Å². The number of quaternary nitrogens is 1. The molecule has 0 aliphatic rings. The zero-order chi connectivity index (χ0) is 9.23. The predicted molar refractivity (Wildman–Crippen MR) is 48.0 cm³/mol. The lowest BCUT2D eigenvalue weighted by Gasteiger charge is -2.11. The van der Waals surface area contributed by atoms with Gasteiger partial charge in [-0.25, -0.2) is 0 Å². The average molecular weight is 171 g/mol.